The Morgan fingerprint density at radius 2 is 2.19 bits per heavy atom. The van der Waals surface area contributed by atoms with Crippen LogP contribution < -0.4 is 25.4 Å². The summed E-state index contributed by atoms with van der Waals surface area (Å²) in [5, 5.41) is 9.97. The summed E-state index contributed by atoms with van der Waals surface area (Å²) in [6.45, 7) is 3.67. The maximum atomic E-state index is 13.0. The second-order valence-electron chi connectivity index (χ2n) is 8.84. The smallest absolute Gasteiger partial charge is 0.256 e. The van der Waals surface area contributed by atoms with Gasteiger partial charge in [-0.05, 0) is 44.4 Å². The van der Waals surface area contributed by atoms with Gasteiger partial charge < -0.3 is 30.2 Å². The average molecular weight is 531 g/mol. The number of carbonyl (C=O) groups excluding carboxylic acids is 1. The molecule has 2 aromatic rings. The third-order valence-corrected chi connectivity index (χ3v) is 6.73. The third-order valence-electron chi connectivity index (χ3n) is 6.12. The summed E-state index contributed by atoms with van der Waals surface area (Å²) >= 11 is 11.9. The fourth-order valence-electron chi connectivity index (χ4n) is 4.30. The van der Waals surface area contributed by atoms with Crippen molar-refractivity contribution in [3.63, 3.8) is 0 Å². The minimum atomic E-state index is -0.240. The molecule has 192 valence electrons. The number of aromatic nitrogens is 1. The fraction of sp³-hybridized carbons (Fsp3) is 0.423. The van der Waals surface area contributed by atoms with Crippen molar-refractivity contribution in [2.75, 3.05) is 25.6 Å². The zero-order valence-electron chi connectivity index (χ0n) is 20.4. The van der Waals surface area contributed by atoms with E-state index in [-0.39, 0.29) is 23.0 Å². The van der Waals surface area contributed by atoms with E-state index in [1.165, 1.54) is 7.11 Å². The van der Waals surface area contributed by atoms with Crippen LogP contribution in [0.4, 0.5) is 5.69 Å². The van der Waals surface area contributed by atoms with E-state index in [4.69, 9.17) is 38.0 Å². The van der Waals surface area contributed by atoms with Gasteiger partial charge in [-0.25, -0.2) is 0 Å². The van der Waals surface area contributed by atoms with Gasteiger partial charge in [-0.2, -0.15) is 0 Å². The lowest BCUT2D eigenvalue weighted by atomic mass is 10.0. The van der Waals surface area contributed by atoms with E-state index in [1.54, 1.807) is 30.6 Å². The van der Waals surface area contributed by atoms with E-state index in [9.17, 15) is 4.79 Å². The number of benzene rings is 1. The standard InChI is InChI=1S/C26H31ClN4O4S/c1-16-12-21(23(25(32)30-16)26(36)31-20-8-5-7-19(27)24(20)33-2)29-13-17-9-10-28-14-22(17)35-15-18-6-3-4-11-34-18/h5,7-10,14,16,18,29H,3-4,6,11-13,15H2,1-2H3,(H,30,32)(H,31,36). The lowest BCUT2D eigenvalue weighted by molar-refractivity contribution is -0.118. The Hall–Kier alpha value is -2.88. The molecule has 0 saturated carbocycles. The third kappa shape index (κ3) is 6.46. The minimum absolute atomic E-state index is 0.0381. The molecule has 2 aliphatic rings. The molecule has 0 aliphatic carbocycles. The lowest BCUT2D eigenvalue weighted by Gasteiger charge is -2.28. The van der Waals surface area contributed by atoms with Gasteiger partial charge in [0.2, 0.25) is 0 Å². The predicted molar refractivity (Wildman–Crippen MR) is 144 cm³/mol. The summed E-state index contributed by atoms with van der Waals surface area (Å²) in [5.41, 5.74) is 2.66. The van der Waals surface area contributed by atoms with Crippen LogP contribution in [0, 0.1) is 0 Å². The molecule has 1 saturated heterocycles. The number of nitrogens with zero attached hydrogens (tertiary/aromatic N) is 1. The summed E-state index contributed by atoms with van der Waals surface area (Å²) in [4.78, 5) is 17.5. The topological polar surface area (TPSA) is 93.7 Å². The quantitative estimate of drug-likeness (QED) is 0.411. The SMILES string of the molecule is COc1c(Cl)cccc1NC(=S)C1=C(NCc2ccncc2OCC2CCCCO2)CC(C)NC1=O. The van der Waals surface area contributed by atoms with Crippen molar-refractivity contribution in [3.05, 3.63) is 58.5 Å². The van der Waals surface area contributed by atoms with Gasteiger partial charge in [-0.15, -0.1) is 0 Å². The molecule has 0 radical (unpaired) electrons. The van der Waals surface area contributed by atoms with Crippen LogP contribution in [0.2, 0.25) is 5.02 Å². The molecule has 1 aromatic heterocycles. The first kappa shape index (κ1) is 26.2. The number of halogens is 1. The van der Waals surface area contributed by atoms with Crippen molar-refractivity contribution in [2.45, 2.75) is 51.3 Å². The molecule has 10 heteroatoms. The molecule has 3 heterocycles. The molecule has 2 aliphatic heterocycles. The Morgan fingerprint density at radius 1 is 1.33 bits per heavy atom. The average Bonchev–Trinajstić information content (AvgIpc) is 2.87. The number of para-hydroxylation sites is 1. The van der Waals surface area contributed by atoms with Gasteiger partial charge in [0.25, 0.3) is 5.91 Å². The normalized spacial score (nSPS) is 19.9. The molecule has 36 heavy (non-hydrogen) atoms. The van der Waals surface area contributed by atoms with Crippen LogP contribution in [0.5, 0.6) is 11.5 Å². The Bertz CT molecular complexity index is 1140. The molecule has 0 spiro atoms. The van der Waals surface area contributed by atoms with E-state index in [1.807, 2.05) is 13.0 Å². The number of methoxy groups -OCH3 is 1. The Labute approximate surface area is 221 Å². The summed E-state index contributed by atoms with van der Waals surface area (Å²) < 4.78 is 17.2. The van der Waals surface area contributed by atoms with Gasteiger partial charge in [0.1, 0.15) is 17.3 Å². The van der Waals surface area contributed by atoms with Gasteiger partial charge in [0, 0.05) is 43.1 Å². The summed E-state index contributed by atoms with van der Waals surface area (Å²) in [6.07, 6.45) is 7.40. The molecule has 2 unspecified atom stereocenters. The summed E-state index contributed by atoms with van der Waals surface area (Å²) in [5.74, 6) is 0.913. The zero-order chi connectivity index (χ0) is 25.5. The number of nitrogens with one attached hydrogen (secondary N) is 3. The van der Waals surface area contributed by atoms with Crippen molar-refractivity contribution < 1.29 is 19.0 Å². The van der Waals surface area contributed by atoms with Gasteiger partial charge >= 0.3 is 0 Å². The van der Waals surface area contributed by atoms with Crippen molar-refractivity contribution in [1.29, 1.82) is 0 Å². The maximum absolute atomic E-state index is 13.0. The highest BCUT2D eigenvalue weighted by molar-refractivity contribution is 7.81. The summed E-state index contributed by atoms with van der Waals surface area (Å²) in [6, 6.07) is 7.18. The van der Waals surface area contributed by atoms with Crippen molar-refractivity contribution in [3.8, 4) is 11.5 Å². The molecule has 1 aromatic carbocycles. The van der Waals surface area contributed by atoms with E-state index in [0.29, 0.717) is 47.4 Å². The van der Waals surface area contributed by atoms with Crippen molar-refractivity contribution >= 4 is 40.4 Å². The number of pyridine rings is 1. The molecular formula is C26H31ClN4O4S. The second-order valence-corrected chi connectivity index (χ2v) is 9.66. The second kappa shape index (κ2) is 12.4. The highest BCUT2D eigenvalue weighted by Crippen LogP contribution is 2.33. The largest absolute Gasteiger partial charge is 0.493 e. The van der Waals surface area contributed by atoms with Gasteiger partial charge in [-0.3, -0.25) is 9.78 Å². The number of rotatable bonds is 9. The number of hydrogen-bond acceptors (Lipinski definition) is 7. The lowest BCUT2D eigenvalue weighted by Crippen LogP contribution is -2.44. The molecule has 8 nitrogen and oxygen atoms in total. The number of ether oxygens (including phenoxy) is 3. The van der Waals surface area contributed by atoms with Gasteiger partial charge in [-0.1, -0.05) is 29.9 Å². The first-order valence-electron chi connectivity index (χ1n) is 12.0. The zero-order valence-corrected chi connectivity index (χ0v) is 22.0. The molecule has 0 bridgehead atoms. The number of hydrogen-bond donors (Lipinski definition) is 3. The Balaban J connectivity index is 1.51. The highest BCUT2D eigenvalue weighted by Gasteiger charge is 2.28. The number of carbonyl (C=O) groups is 1. The number of thiocarbonyl (C=S) groups is 1. The molecule has 1 fully saturated rings. The number of anilines is 1. The predicted octanol–water partition coefficient (Wildman–Crippen LogP) is 4.38. The van der Waals surface area contributed by atoms with E-state index in [2.05, 4.69) is 20.9 Å². The van der Waals surface area contributed by atoms with Crippen LogP contribution in [0.3, 0.4) is 0 Å². The van der Waals surface area contributed by atoms with Crippen LogP contribution >= 0.6 is 23.8 Å². The summed E-state index contributed by atoms with van der Waals surface area (Å²) in [7, 11) is 1.53. The molecule has 1 amide bonds. The molecule has 4 rings (SSSR count). The van der Waals surface area contributed by atoms with Gasteiger partial charge in [0.05, 0.1) is 35.7 Å². The number of amides is 1. The van der Waals surface area contributed by atoms with Gasteiger partial charge in [0.15, 0.2) is 5.75 Å². The van der Waals surface area contributed by atoms with Crippen LogP contribution in [-0.2, 0) is 16.1 Å². The molecule has 2 atom stereocenters. The van der Waals surface area contributed by atoms with Crippen LogP contribution in [0.15, 0.2) is 47.9 Å². The first-order valence-corrected chi connectivity index (χ1v) is 12.8. The molecule has 3 N–H and O–H groups in total. The van der Waals surface area contributed by atoms with E-state index in [0.717, 1.165) is 37.1 Å². The van der Waals surface area contributed by atoms with Crippen LogP contribution in [-0.4, -0.2) is 48.3 Å². The first-order chi connectivity index (χ1) is 17.5. The Morgan fingerprint density at radius 3 is 2.97 bits per heavy atom. The van der Waals surface area contributed by atoms with Crippen LogP contribution in [0.1, 0.15) is 38.2 Å². The van der Waals surface area contributed by atoms with Crippen molar-refractivity contribution in [1.82, 2.24) is 15.6 Å². The fourth-order valence-corrected chi connectivity index (χ4v) is 4.88. The maximum Gasteiger partial charge on any atom is 0.256 e. The van der Waals surface area contributed by atoms with Crippen molar-refractivity contribution in [2.24, 2.45) is 0 Å². The minimum Gasteiger partial charge on any atom is -0.493 e. The van der Waals surface area contributed by atoms with E-state index >= 15 is 0 Å². The molecular weight excluding hydrogens is 500 g/mol. The van der Waals surface area contributed by atoms with E-state index < -0.39 is 0 Å². The highest BCUT2D eigenvalue weighted by atomic mass is 35.5. The van der Waals surface area contributed by atoms with Crippen LogP contribution in [0.25, 0.3) is 0 Å². The monoisotopic (exact) mass is 530 g/mol. The Kier molecular flexibility index (Phi) is 9.01.